The Morgan fingerprint density at radius 2 is 1.65 bits per heavy atom. The van der Waals surface area contributed by atoms with Crippen molar-refractivity contribution >= 4 is 17.8 Å². The van der Waals surface area contributed by atoms with Crippen LogP contribution in [-0.4, -0.2) is 37.0 Å². The Bertz CT molecular complexity index is 338. The zero-order valence-corrected chi connectivity index (χ0v) is 10.5. The molecule has 0 aliphatic carbocycles. The number of hydrogen-bond acceptors (Lipinski definition) is 4. The molecule has 6 nitrogen and oxygen atoms in total. The molecule has 2 amide bonds. The minimum atomic E-state index is -0.753. The normalized spacial score (nSPS) is 13.2. The van der Waals surface area contributed by atoms with E-state index in [1.807, 2.05) is 0 Å². The summed E-state index contributed by atoms with van der Waals surface area (Å²) >= 11 is 0. The largest absolute Gasteiger partial charge is 0.467 e. The van der Waals surface area contributed by atoms with Crippen molar-refractivity contribution in [3.05, 3.63) is 12.2 Å². The third-order valence-corrected chi connectivity index (χ3v) is 2.04. The second-order valence-corrected chi connectivity index (χ2v) is 3.73. The standard InChI is InChI=1S/C11H18N2O4/c1-6(2)9(14)12-7(3)10(15)13-8(4)11(16)17-5/h7-8H,1H2,2-5H3,(H,12,14)(H,13,15)/t7-,8-/m0/s1. The summed E-state index contributed by atoms with van der Waals surface area (Å²) in [5.74, 6) is -1.41. The Labute approximate surface area is 100 Å². The van der Waals surface area contributed by atoms with Gasteiger partial charge in [-0.25, -0.2) is 4.79 Å². The van der Waals surface area contributed by atoms with Gasteiger partial charge in [-0.2, -0.15) is 0 Å². The van der Waals surface area contributed by atoms with Gasteiger partial charge in [0, 0.05) is 5.57 Å². The number of rotatable bonds is 5. The lowest BCUT2D eigenvalue weighted by Gasteiger charge is -2.17. The van der Waals surface area contributed by atoms with Gasteiger partial charge in [-0.3, -0.25) is 9.59 Å². The first-order valence-corrected chi connectivity index (χ1v) is 5.14. The van der Waals surface area contributed by atoms with Gasteiger partial charge in [0.1, 0.15) is 12.1 Å². The van der Waals surface area contributed by atoms with Crippen molar-refractivity contribution in [3.8, 4) is 0 Å². The van der Waals surface area contributed by atoms with E-state index in [9.17, 15) is 14.4 Å². The number of amides is 2. The van der Waals surface area contributed by atoms with Crippen LogP contribution in [0.3, 0.4) is 0 Å². The summed E-state index contributed by atoms with van der Waals surface area (Å²) in [5, 5.41) is 4.86. The summed E-state index contributed by atoms with van der Waals surface area (Å²) < 4.78 is 4.46. The molecule has 0 aromatic rings. The molecule has 0 fully saturated rings. The van der Waals surface area contributed by atoms with Crippen molar-refractivity contribution in [3.63, 3.8) is 0 Å². The summed E-state index contributed by atoms with van der Waals surface area (Å²) in [6.45, 7) is 8.00. The van der Waals surface area contributed by atoms with Crippen LogP contribution in [0.25, 0.3) is 0 Å². The van der Waals surface area contributed by atoms with E-state index in [4.69, 9.17) is 0 Å². The molecule has 0 bridgehead atoms. The van der Waals surface area contributed by atoms with Gasteiger partial charge in [-0.1, -0.05) is 6.58 Å². The smallest absolute Gasteiger partial charge is 0.328 e. The molecule has 0 aromatic carbocycles. The minimum absolute atomic E-state index is 0.311. The highest BCUT2D eigenvalue weighted by atomic mass is 16.5. The maximum atomic E-state index is 11.6. The first-order chi connectivity index (χ1) is 7.79. The van der Waals surface area contributed by atoms with Gasteiger partial charge >= 0.3 is 5.97 Å². The molecule has 0 saturated heterocycles. The highest BCUT2D eigenvalue weighted by Crippen LogP contribution is 1.92. The van der Waals surface area contributed by atoms with Crippen molar-refractivity contribution in [2.75, 3.05) is 7.11 Å². The average Bonchev–Trinajstić information content (AvgIpc) is 2.27. The van der Waals surface area contributed by atoms with Crippen LogP contribution < -0.4 is 10.6 Å². The number of hydrogen-bond donors (Lipinski definition) is 2. The fourth-order valence-corrected chi connectivity index (χ4v) is 0.959. The van der Waals surface area contributed by atoms with Crippen LogP contribution in [0.4, 0.5) is 0 Å². The SMILES string of the molecule is C=C(C)C(=O)N[C@@H](C)C(=O)N[C@@H](C)C(=O)OC. The van der Waals surface area contributed by atoms with Gasteiger partial charge < -0.3 is 15.4 Å². The third-order valence-electron chi connectivity index (χ3n) is 2.04. The summed E-state index contributed by atoms with van der Waals surface area (Å²) in [5.41, 5.74) is 0.311. The highest BCUT2D eigenvalue weighted by Gasteiger charge is 2.21. The number of methoxy groups -OCH3 is 1. The second-order valence-electron chi connectivity index (χ2n) is 3.73. The van der Waals surface area contributed by atoms with Crippen molar-refractivity contribution in [2.45, 2.75) is 32.9 Å². The van der Waals surface area contributed by atoms with Gasteiger partial charge in [0.2, 0.25) is 11.8 Å². The van der Waals surface area contributed by atoms with Gasteiger partial charge in [0.25, 0.3) is 0 Å². The highest BCUT2D eigenvalue weighted by molar-refractivity contribution is 5.96. The first kappa shape index (κ1) is 15.2. The van der Waals surface area contributed by atoms with Crippen molar-refractivity contribution in [1.29, 1.82) is 0 Å². The fourth-order valence-electron chi connectivity index (χ4n) is 0.959. The summed E-state index contributed by atoms with van der Waals surface area (Å²) in [6, 6.07) is -1.50. The topological polar surface area (TPSA) is 84.5 Å². The third kappa shape index (κ3) is 5.14. The van der Waals surface area contributed by atoms with Crippen LogP contribution in [0.1, 0.15) is 20.8 Å². The van der Waals surface area contributed by atoms with Gasteiger partial charge in [-0.15, -0.1) is 0 Å². The second kappa shape index (κ2) is 6.67. The van der Waals surface area contributed by atoms with Crippen LogP contribution in [0, 0.1) is 0 Å². The Morgan fingerprint density at radius 1 is 1.12 bits per heavy atom. The molecule has 0 rings (SSSR count). The predicted molar refractivity (Wildman–Crippen MR) is 62.0 cm³/mol. The van der Waals surface area contributed by atoms with Gasteiger partial charge in [0.15, 0.2) is 0 Å². The van der Waals surface area contributed by atoms with E-state index in [-0.39, 0.29) is 0 Å². The molecule has 0 aliphatic heterocycles. The average molecular weight is 242 g/mol. The maximum absolute atomic E-state index is 11.6. The van der Waals surface area contributed by atoms with Crippen LogP contribution in [0.5, 0.6) is 0 Å². The molecule has 17 heavy (non-hydrogen) atoms. The molecule has 0 unspecified atom stereocenters. The Morgan fingerprint density at radius 3 is 2.06 bits per heavy atom. The van der Waals surface area contributed by atoms with Crippen LogP contribution >= 0.6 is 0 Å². The molecule has 0 saturated carbocycles. The molecule has 0 spiro atoms. The number of ether oxygens (including phenoxy) is 1. The minimum Gasteiger partial charge on any atom is -0.467 e. The molecule has 96 valence electrons. The summed E-state index contributed by atoms with van der Waals surface area (Å²) in [7, 11) is 1.23. The van der Waals surface area contributed by atoms with Crippen molar-refractivity contribution < 1.29 is 19.1 Å². The monoisotopic (exact) mass is 242 g/mol. The van der Waals surface area contributed by atoms with Crippen LogP contribution in [-0.2, 0) is 19.1 Å². The van der Waals surface area contributed by atoms with E-state index < -0.39 is 29.9 Å². The fraction of sp³-hybridized carbons (Fsp3) is 0.545. The van der Waals surface area contributed by atoms with E-state index in [0.717, 1.165) is 0 Å². The zero-order chi connectivity index (χ0) is 13.6. The van der Waals surface area contributed by atoms with E-state index >= 15 is 0 Å². The Balaban J connectivity index is 4.28. The predicted octanol–water partition coefficient (Wildman–Crippen LogP) is -0.255. The summed E-state index contributed by atoms with van der Waals surface area (Å²) in [6.07, 6.45) is 0. The lowest BCUT2D eigenvalue weighted by atomic mass is 10.2. The number of nitrogens with one attached hydrogen (secondary N) is 2. The molecule has 0 radical (unpaired) electrons. The lowest BCUT2D eigenvalue weighted by Crippen LogP contribution is -2.49. The van der Waals surface area contributed by atoms with Crippen molar-refractivity contribution in [1.82, 2.24) is 10.6 Å². The summed E-state index contributed by atoms with van der Waals surface area (Å²) in [4.78, 5) is 33.9. The zero-order valence-electron chi connectivity index (χ0n) is 10.5. The molecular weight excluding hydrogens is 224 g/mol. The molecular formula is C11H18N2O4. The molecule has 2 N–H and O–H groups in total. The van der Waals surface area contributed by atoms with Crippen molar-refractivity contribution in [2.24, 2.45) is 0 Å². The van der Waals surface area contributed by atoms with E-state index in [1.165, 1.54) is 27.9 Å². The molecule has 0 aromatic heterocycles. The van der Waals surface area contributed by atoms with E-state index in [0.29, 0.717) is 5.57 Å². The van der Waals surface area contributed by atoms with Crippen LogP contribution in [0.2, 0.25) is 0 Å². The quantitative estimate of drug-likeness (QED) is 0.514. The Hall–Kier alpha value is -1.85. The molecule has 2 atom stereocenters. The van der Waals surface area contributed by atoms with E-state index in [2.05, 4.69) is 21.9 Å². The maximum Gasteiger partial charge on any atom is 0.328 e. The first-order valence-electron chi connectivity index (χ1n) is 5.14. The number of esters is 1. The molecule has 0 aliphatic rings. The van der Waals surface area contributed by atoms with E-state index in [1.54, 1.807) is 0 Å². The molecule has 6 heteroatoms. The van der Waals surface area contributed by atoms with Crippen LogP contribution in [0.15, 0.2) is 12.2 Å². The van der Waals surface area contributed by atoms with Gasteiger partial charge in [0.05, 0.1) is 7.11 Å². The molecule has 0 heterocycles. The number of carbonyl (C=O) groups is 3. The Kier molecular flexibility index (Phi) is 5.95. The number of carbonyl (C=O) groups excluding carboxylic acids is 3. The lowest BCUT2D eigenvalue weighted by molar-refractivity contribution is -0.144. The van der Waals surface area contributed by atoms with Gasteiger partial charge in [-0.05, 0) is 20.8 Å².